The smallest absolute Gasteiger partial charge is 0.244 e. The van der Waals surface area contributed by atoms with E-state index in [0.29, 0.717) is 21.8 Å². The maximum Gasteiger partial charge on any atom is 0.244 e. The van der Waals surface area contributed by atoms with Gasteiger partial charge in [0.1, 0.15) is 11.9 Å². The van der Waals surface area contributed by atoms with Crippen molar-refractivity contribution in [2.45, 2.75) is 32.9 Å². The maximum atomic E-state index is 13.1. The zero-order valence-corrected chi connectivity index (χ0v) is 17.1. The predicted octanol–water partition coefficient (Wildman–Crippen LogP) is 3.82. The van der Waals surface area contributed by atoms with Crippen molar-refractivity contribution < 1.29 is 17.6 Å². The number of benzene rings is 2. The van der Waals surface area contributed by atoms with Gasteiger partial charge < -0.3 is 5.32 Å². The minimum Gasteiger partial charge on any atom is -0.348 e. The molecule has 5 nitrogen and oxygen atoms in total. The molecule has 0 aliphatic rings. The first-order valence-corrected chi connectivity index (χ1v) is 10.5. The van der Waals surface area contributed by atoms with Crippen LogP contribution in [0.25, 0.3) is 0 Å². The Morgan fingerprint density at radius 2 is 1.74 bits per heavy atom. The largest absolute Gasteiger partial charge is 0.348 e. The fraction of sp³-hybridized carbons (Fsp3) is 0.316. The number of carbonyl (C=O) groups excluding carboxylic acids is 1. The molecule has 0 radical (unpaired) electrons. The summed E-state index contributed by atoms with van der Waals surface area (Å²) in [6.45, 7) is 5.00. The second-order valence-corrected chi connectivity index (χ2v) is 8.74. The molecule has 1 N–H and O–H groups in total. The molecule has 2 aromatic carbocycles. The van der Waals surface area contributed by atoms with Crippen LogP contribution in [0.2, 0.25) is 5.02 Å². The van der Waals surface area contributed by atoms with Crippen LogP contribution < -0.4 is 9.62 Å². The number of hydrogen-bond donors (Lipinski definition) is 1. The highest BCUT2D eigenvalue weighted by atomic mass is 35.5. The first-order chi connectivity index (χ1) is 12.5. The van der Waals surface area contributed by atoms with Crippen LogP contribution in [0, 0.1) is 12.7 Å². The minimum atomic E-state index is -3.74. The van der Waals surface area contributed by atoms with E-state index in [-0.39, 0.29) is 5.82 Å². The van der Waals surface area contributed by atoms with E-state index >= 15 is 0 Å². The quantitative estimate of drug-likeness (QED) is 0.784. The molecular weight excluding hydrogens is 391 g/mol. The molecule has 2 aromatic rings. The van der Waals surface area contributed by atoms with E-state index in [4.69, 9.17) is 11.6 Å². The number of nitrogens with zero attached hydrogens (tertiary/aromatic N) is 1. The molecule has 0 saturated heterocycles. The van der Waals surface area contributed by atoms with Gasteiger partial charge >= 0.3 is 0 Å². The van der Waals surface area contributed by atoms with Crippen LogP contribution in [0.3, 0.4) is 0 Å². The van der Waals surface area contributed by atoms with Gasteiger partial charge in [-0.15, -0.1) is 0 Å². The van der Waals surface area contributed by atoms with Crippen LogP contribution >= 0.6 is 11.6 Å². The second kappa shape index (κ2) is 8.27. The van der Waals surface area contributed by atoms with Crippen molar-refractivity contribution in [2.24, 2.45) is 0 Å². The third-order valence-corrected chi connectivity index (χ3v) is 5.69. The lowest BCUT2D eigenvalue weighted by Crippen LogP contribution is -2.48. The molecule has 0 heterocycles. The van der Waals surface area contributed by atoms with E-state index in [1.807, 2.05) is 0 Å². The van der Waals surface area contributed by atoms with E-state index in [1.54, 1.807) is 38.1 Å². The minimum absolute atomic E-state index is 0.349. The molecule has 0 bridgehead atoms. The number of aryl methyl sites for hydroxylation is 1. The summed E-state index contributed by atoms with van der Waals surface area (Å²) in [5.41, 5.74) is 1.74. The Balaban J connectivity index is 2.30. The van der Waals surface area contributed by atoms with Gasteiger partial charge in [-0.2, -0.15) is 0 Å². The molecule has 0 saturated carbocycles. The molecule has 0 aliphatic carbocycles. The summed E-state index contributed by atoms with van der Waals surface area (Å²) in [6.07, 6.45) is 1.04. The lowest BCUT2D eigenvalue weighted by Gasteiger charge is -2.30. The van der Waals surface area contributed by atoms with Crippen molar-refractivity contribution in [2.75, 3.05) is 10.6 Å². The van der Waals surface area contributed by atoms with Crippen LogP contribution in [-0.2, 0) is 14.8 Å². The second-order valence-electron chi connectivity index (χ2n) is 6.45. The first kappa shape index (κ1) is 21.2. The number of rotatable bonds is 6. The summed E-state index contributed by atoms with van der Waals surface area (Å²) in [6, 6.07) is 9.21. The van der Waals surface area contributed by atoms with Crippen molar-refractivity contribution >= 4 is 33.2 Å². The summed E-state index contributed by atoms with van der Waals surface area (Å²) >= 11 is 6.02. The Labute approximate surface area is 164 Å². The van der Waals surface area contributed by atoms with Crippen LogP contribution in [0.15, 0.2) is 42.5 Å². The van der Waals surface area contributed by atoms with Gasteiger partial charge in [0.2, 0.25) is 15.9 Å². The Hall–Kier alpha value is -2.12. The summed E-state index contributed by atoms with van der Waals surface area (Å²) in [4.78, 5) is 12.7. The molecule has 0 spiro atoms. The topological polar surface area (TPSA) is 66.5 Å². The fourth-order valence-electron chi connectivity index (χ4n) is 2.77. The summed E-state index contributed by atoms with van der Waals surface area (Å²) in [7, 11) is -3.74. The zero-order chi connectivity index (χ0) is 20.4. The van der Waals surface area contributed by atoms with Crippen molar-refractivity contribution in [3.8, 4) is 0 Å². The average Bonchev–Trinajstić information content (AvgIpc) is 2.57. The highest BCUT2D eigenvalue weighted by Crippen LogP contribution is 2.28. The highest BCUT2D eigenvalue weighted by Gasteiger charge is 2.31. The molecule has 0 unspecified atom stereocenters. The zero-order valence-electron chi connectivity index (χ0n) is 15.5. The van der Waals surface area contributed by atoms with Crippen molar-refractivity contribution in [1.29, 1.82) is 0 Å². The van der Waals surface area contributed by atoms with Gasteiger partial charge in [-0.1, -0.05) is 29.8 Å². The van der Waals surface area contributed by atoms with Crippen molar-refractivity contribution in [3.63, 3.8) is 0 Å². The standard InChI is InChI=1S/C19H22ClFN2O3S/c1-12-5-8-16(20)11-18(12)23(27(4,25)26)14(3)19(24)22-13(2)15-6-9-17(21)10-7-15/h5-11,13-14H,1-4H3,(H,22,24)/t13-,14-/m0/s1. The Bertz CT molecular complexity index is 932. The lowest BCUT2D eigenvalue weighted by molar-refractivity contribution is -0.122. The van der Waals surface area contributed by atoms with Crippen LogP contribution in [0.4, 0.5) is 10.1 Å². The third kappa shape index (κ3) is 5.20. The van der Waals surface area contributed by atoms with Crippen LogP contribution in [-0.4, -0.2) is 26.6 Å². The van der Waals surface area contributed by atoms with Gasteiger partial charge in [0.25, 0.3) is 0 Å². The lowest BCUT2D eigenvalue weighted by atomic mass is 10.1. The monoisotopic (exact) mass is 412 g/mol. The molecule has 146 valence electrons. The number of nitrogens with one attached hydrogen (secondary N) is 1. The van der Waals surface area contributed by atoms with E-state index in [1.165, 1.54) is 25.1 Å². The SMILES string of the molecule is Cc1ccc(Cl)cc1N([C@@H](C)C(=O)N[C@@H](C)c1ccc(F)cc1)S(C)(=O)=O. The summed E-state index contributed by atoms with van der Waals surface area (Å²) < 4.78 is 38.9. The molecule has 27 heavy (non-hydrogen) atoms. The van der Waals surface area contributed by atoms with E-state index < -0.39 is 28.0 Å². The van der Waals surface area contributed by atoms with Gasteiger partial charge in [0.05, 0.1) is 18.0 Å². The van der Waals surface area contributed by atoms with Crippen molar-refractivity contribution in [3.05, 3.63) is 64.4 Å². The number of hydrogen-bond acceptors (Lipinski definition) is 3. The first-order valence-electron chi connectivity index (χ1n) is 8.32. The molecule has 0 fully saturated rings. The van der Waals surface area contributed by atoms with Gasteiger partial charge in [0.15, 0.2) is 0 Å². The summed E-state index contributed by atoms with van der Waals surface area (Å²) in [5, 5.41) is 3.14. The molecule has 0 aliphatic heterocycles. The Morgan fingerprint density at radius 3 is 2.30 bits per heavy atom. The van der Waals surface area contributed by atoms with Crippen LogP contribution in [0.1, 0.15) is 31.0 Å². The molecular formula is C19H22ClFN2O3S. The Morgan fingerprint density at radius 1 is 1.15 bits per heavy atom. The number of sulfonamides is 1. The van der Waals surface area contributed by atoms with Gasteiger partial charge in [-0.3, -0.25) is 9.10 Å². The predicted molar refractivity (Wildman–Crippen MR) is 106 cm³/mol. The van der Waals surface area contributed by atoms with Gasteiger partial charge in [-0.25, -0.2) is 12.8 Å². The number of amides is 1. The third-order valence-electron chi connectivity index (χ3n) is 4.23. The summed E-state index contributed by atoms with van der Waals surface area (Å²) in [5.74, 6) is -0.845. The molecule has 1 amide bonds. The van der Waals surface area contributed by atoms with Gasteiger partial charge in [0, 0.05) is 5.02 Å². The van der Waals surface area contributed by atoms with Crippen LogP contribution in [0.5, 0.6) is 0 Å². The number of halogens is 2. The van der Waals surface area contributed by atoms with Gasteiger partial charge in [-0.05, 0) is 56.2 Å². The van der Waals surface area contributed by atoms with E-state index in [0.717, 1.165) is 10.6 Å². The van der Waals surface area contributed by atoms with Crippen molar-refractivity contribution in [1.82, 2.24) is 5.32 Å². The molecule has 2 rings (SSSR count). The normalized spacial score (nSPS) is 13.7. The Kier molecular flexibility index (Phi) is 6.49. The number of anilines is 1. The highest BCUT2D eigenvalue weighted by molar-refractivity contribution is 7.92. The molecule has 0 aromatic heterocycles. The number of carbonyl (C=O) groups is 1. The van der Waals surface area contributed by atoms with E-state index in [9.17, 15) is 17.6 Å². The van der Waals surface area contributed by atoms with E-state index in [2.05, 4.69) is 5.32 Å². The molecule has 2 atom stereocenters. The fourth-order valence-corrected chi connectivity index (χ4v) is 4.16. The average molecular weight is 413 g/mol. The maximum absolute atomic E-state index is 13.1. The molecule has 8 heteroatoms.